The van der Waals surface area contributed by atoms with Crippen LogP contribution in [0.4, 0.5) is 11.5 Å². The van der Waals surface area contributed by atoms with E-state index >= 15 is 0 Å². The number of pyridine rings is 1. The molecule has 1 amide bonds. The fraction of sp³-hybridized carbons (Fsp3) is 0.409. The molecule has 1 aromatic heterocycles. The van der Waals surface area contributed by atoms with Crippen LogP contribution in [-0.2, 0) is 9.53 Å². The Hall–Kier alpha value is -3.09. The van der Waals surface area contributed by atoms with Gasteiger partial charge in [0.15, 0.2) is 0 Å². The number of nitrogens with zero attached hydrogens (tertiary/aromatic N) is 2. The van der Waals surface area contributed by atoms with Crippen LogP contribution in [-0.4, -0.2) is 48.1 Å². The van der Waals surface area contributed by atoms with Crippen LogP contribution >= 0.6 is 0 Å². The summed E-state index contributed by atoms with van der Waals surface area (Å²) in [7, 11) is 0. The number of carbonyl (C=O) groups excluding carboxylic acids is 2. The van der Waals surface area contributed by atoms with Gasteiger partial charge in [0.25, 0.3) is 5.91 Å². The van der Waals surface area contributed by atoms with Crippen LogP contribution in [0.5, 0.6) is 5.75 Å². The van der Waals surface area contributed by atoms with Crippen LogP contribution in [0.3, 0.4) is 0 Å². The van der Waals surface area contributed by atoms with E-state index in [9.17, 15) is 9.59 Å². The molecule has 3 rings (SSSR count). The van der Waals surface area contributed by atoms with Crippen molar-refractivity contribution in [3.63, 3.8) is 0 Å². The van der Waals surface area contributed by atoms with Gasteiger partial charge < -0.3 is 19.7 Å². The number of hydrogen-bond donors (Lipinski definition) is 1. The normalized spacial score (nSPS) is 14.3. The third-order valence-corrected chi connectivity index (χ3v) is 4.88. The van der Waals surface area contributed by atoms with Crippen molar-refractivity contribution < 1.29 is 19.1 Å². The summed E-state index contributed by atoms with van der Waals surface area (Å²) < 4.78 is 10.8. The summed E-state index contributed by atoms with van der Waals surface area (Å²) in [5.74, 6) is 0.780. The first kappa shape index (κ1) is 20.6. The number of piperidine rings is 1. The lowest BCUT2D eigenvalue weighted by Gasteiger charge is -2.31. The maximum Gasteiger partial charge on any atom is 0.309 e. The molecule has 0 atom stereocenters. The predicted octanol–water partition coefficient (Wildman–Crippen LogP) is 3.64. The van der Waals surface area contributed by atoms with Gasteiger partial charge in [-0.05, 0) is 51.0 Å². The first-order chi connectivity index (χ1) is 14.1. The number of aromatic nitrogens is 1. The lowest BCUT2D eigenvalue weighted by molar-refractivity contribution is -0.149. The number of anilines is 2. The van der Waals surface area contributed by atoms with Crippen molar-refractivity contribution in [1.29, 1.82) is 0 Å². The number of para-hydroxylation sites is 2. The smallest absolute Gasteiger partial charge is 0.309 e. The summed E-state index contributed by atoms with van der Waals surface area (Å²) in [5.41, 5.74) is 1.25. The van der Waals surface area contributed by atoms with E-state index in [1.54, 1.807) is 30.2 Å². The van der Waals surface area contributed by atoms with Gasteiger partial charge in [-0.2, -0.15) is 0 Å². The van der Waals surface area contributed by atoms with Crippen molar-refractivity contribution in [1.82, 2.24) is 9.88 Å². The minimum Gasteiger partial charge on any atom is -0.492 e. The van der Waals surface area contributed by atoms with Crippen molar-refractivity contribution in [2.75, 3.05) is 31.6 Å². The quantitative estimate of drug-likeness (QED) is 0.719. The topological polar surface area (TPSA) is 80.8 Å². The Labute approximate surface area is 171 Å². The Morgan fingerprint density at radius 3 is 2.59 bits per heavy atom. The Balaban J connectivity index is 1.73. The number of hydrogen-bond acceptors (Lipinski definition) is 6. The first-order valence-electron chi connectivity index (χ1n) is 10.0. The Morgan fingerprint density at radius 2 is 1.86 bits per heavy atom. The summed E-state index contributed by atoms with van der Waals surface area (Å²) >= 11 is 0. The molecule has 1 fully saturated rings. The molecule has 2 heterocycles. The molecular formula is C22H27N3O4. The molecule has 1 aliphatic rings. The third kappa shape index (κ3) is 5.04. The number of likely N-dealkylation sites (tertiary alicyclic amines) is 1. The molecule has 1 saturated heterocycles. The molecule has 0 aliphatic carbocycles. The predicted molar refractivity (Wildman–Crippen MR) is 110 cm³/mol. The zero-order chi connectivity index (χ0) is 20.6. The van der Waals surface area contributed by atoms with Gasteiger partial charge in [-0.15, -0.1) is 0 Å². The van der Waals surface area contributed by atoms with Gasteiger partial charge in [0, 0.05) is 19.3 Å². The number of carbonyl (C=O) groups is 2. The van der Waals surface area contributed by atoms with Crippen LogP contribution in [0.25, 0.3) is 0 Å². The average Bonchev–Trinajstić information content (AvgIpc) is 2.75. The highest BCUT2D eigenvalue weighted by Gasteiger charge is 2.29. The van der Waals surface area contributed by atoms with Gasteiger partial charge in [-0.1, -0.05) is 12.1 Å². The maximum absolute atomic E-state index is 13.1. The van der Waals surface area contributed by atoms with E-state index in [0.717, 1.165) is 5.69 Å². The van der Waals surface area contributed by atoms with Crippen LogP contribution in [0.15, 0.2) is 42.6 Å². The number of ether oxygens (including phenoxy) is 2. The van der Waals surface area contributed by atoms with Crippen molar-refractivity contribution in [3.8, 4) is 5.75 Å². The van der Waals surface area contributed by atoms with E-state index in [4.69, 9.17) is 9.47 Å². The zero-order valence-corrected chi connectivity index (χ0v) is 16.9. The molecule has 7 heteroatoms. The fourth-order valence-corrected chi connectivity index (χ4v) is 3.41. The number of nitrogens with one attached hydrogen (secondary N) is 1. The summed E-state index contributed by atoms with van der Waals surface area (Å²) in [6.45, 7) is 5.69. The Morgan fingerprint density at radius 1 is 1.10 bits per heavy atom. The molecule has 0 bridgehead atoms. The van der Waals surface area contributed by atoms with Gasteiger partial charge in [0.05, 0.1) is 30.4 Å². The molecule has 29 heavy (non-hydrogen) atoms. The van der Waals surface area contributed by atoms with Gasteiger partial charge in [0.2, 0.25) is 0 Å². The van der Waals surface area contributed by atoms with Gasteiger partial charge in [0.1, 0.15) is 11.6 Å². The van der Waals surface area contributed by atoms with E-state index in [-0.39, 0.29) is 17.8 Å². The molecule has 1 aromatic carbocycles. The molecule has 1 aliphatic heterocycles. The molecule has 0 spiro atoms. The van der Waals surface area contributed by atoms with Crippen molar-refractivity contribution >= 4 is 23.4 Å². The standard InChI is InChI=1S/C22H27N3O4/c1-3-28-19-10-6-5-9-18(19)24-20-17(8-7-13-23-20)21(26)25-14-11-16(12-15-25)22(27)29-4-2/h5-10,13,16H,3-4,11-12,14-15H2,1-2H3,(H,23,24). The van der Waals surface area contributed by atoms with Gasteiger partial charge in [-0.3, -0.25) is 9.59 Å². The minimum atomic E-state index is -0.170. The molecule has 0 radical (unpaired) electrons. The molecule has 7 nitrogen and oxygen atoms in total. The van der Waals surface area contributed by atoms with E-state index in [0.29, 0.717) is 56.3 Å². The first-order valence-corrected chi connectivity index (χ1v) is 10.0. The second-order valence-corrected chi connectivity index (χ2v) is 6.77. The largest absolute Gasteiger partial charge is 0.492 e. The highest BCUT2D eigenvalue weighted by Crippen LogP contribution is 2.29. The summed E-state index contributed by atoms with van der Waals surface area (Å²) in [5, 5.41) is 3.23. The van der Waals surface area contributed by atoms with E-state index in [1.165, 1.54) is 0 Å². The lowest BCUT2D eigenvalue weighted by Crippen LogP contribution is -2.40. The molecular weight excluding hydrogens is 370 g/mol. The zero-order valence-electron chi connectivity index (χ0n) is 16.9. The van der Waals surface area contributed by atoms with E-state index in [1.807, 2.05) is 31.2 Å². The number of esters is 1. The van der Waals surface area contributed by atoms with E-state index < -0.39 is 0 Å². The van der Waals surface area contributed by atoms with Crippen LogP contribution in [0.1, 0.15) is 37.0 Å². The van der Waals surface area contributed by atoms with Crippen LogP contribution < -0.4 is 10.1 Å². The number of amides is 1. The Bertz CT molecular complexity index is 847. The molecule has 2 aromatic rings. The van der Waals surface area contributed by atoms with Gasteiger partial charge >= 0.3 is 5.97 Å². The van der Waals surface area contributed by atoms with Crippen LogP contribution in [0, 0.1) is 5.92 Å². The van der Waals surface area contributed by atoms with Crippen molar-refractivity contribution in [2.24, 2.45) is 5.92 Å². The fourth-order valence-electron chi connectivity index (χ4n) is 3.41. The minimum absolute atomic E-state index is 0.100. The summed E-state index contributed by atoms with van der Waals surface area (Å²) in [6.07, 6.45) is 2.87. The molecule has 0 unspecified atom stereocenters. The second kappa shape index (κ2) is 9.91. The van der Waals surface area contributed by atoms with E-state index in [2.05, 4.69) is 10.3 Å². The number of benzene rings is 1. The monoisotopic (exact) mass is 397 g/mol. The van der Waals surface area contributed by atoms with Gasteiger partial charge in [-0.25, -0.2) is 4.98 Å². The molecule has 0 saturated carbocycles. The maximum atomic E-state index is 13.1. The third-order valence-electron chi connectivity index (χ3n) is 4.88. The van der Waals surface area contributed by atoms with Crippen molar-refractivity contribution in [2.45, 2.75) is 26.7 Å². The van der Waals surface area contributed by atoms with Crippen molar-refractivity contribution in [3.05, 3.63) is 48.2 Å². The lowest BCUT2D eigenvalue weighted by atomic mass is 9.96. The highest BCUT2D eigenvalue weighted by molar-refractivity contribution is 5.99. The second-order valence-electron chi connectivity index (χ2n) is 6.77. The van der Waals surface area contributed by atoms with Crippen LogP contribution in [0.2, 0.25) is 0 Å². The number of rotatable bonds is 7. The highest BCUT2D eigenvalue weighted by atomic mass is 16.5. The summed E-state index contributed by atoms with van der Waals surface area (Å²) in [6, 6.07) is 11.1. The Kier molecular flexibility index (Phi) is 7.05. The molecule has 1 N–H and O–H groups in total. The SMILES string of the molecule is CCOC(=O)C1CCN(C(=O)c2cccnc2Nc2ccccc2OCC)CC1. The molecule has 154 valence electrons. The average molecular weight is 397 g/mol. The summed E-state index contributed by atoms with van der Waals surface area (Å²) in [4.78, 5) is 31.2.